The molecule has 3 nitrogen and oxygen atoms in total. The van der Waals surface area contributed by atoms with E-state index in [2.05, 4.69) is 13.8 Å². The fraction of sp³-hybridized carbons (Fsp3) is 0.588. The smallest absolute Gasteiger partial charge is 0.227 e. The highest BCUT2D eigenvalue weighted by Crippen LogP contribution is 2.28. The van der Waals surface area contributed by atoms with E-state index in [-0.39, 0.29) is 18.1 Å². The quantitative estimate of drug-likeness (QED) is 0.802. The number of unbranched alkanes of at least 4 members (excludes halogenated alkanes) is 2. The Balaban J connectivity index is 2.00. The monoisotopic (exact) mass is 275 g/mol. The van der Waals surface area contributed by atoms with Crippen molar-refractivity contribution >= 4 is 11.6 Å². The average molecular weight is 275 g/mol. The van der Waals surface area contributed by atoms with Crippen LogP contribution in [0.5, 0.6) is 0 Å². The average Bonchev–Trinajstić information content (AvgIpc) is 2.78. The molecule has 3 heteroatoms. The molecular weight excluding hydrogens is 250 g/mol. The number of aliphatic hydroxyl groups is 1. The summed E-state index contributed by atoms with van der Waals surface area (Å²) in [6.45, 7) is 4.24. The van der Waals surface area contributed by atoms with Crippen molar-refractivity contribution in [1.29, 1.82) is 0 Å². The van der Waals surface area contributed by atoms with Crippen LogP contribution in [0.1, 0.15) is 64.0 Å². The number of hydrogen-bond donors (Lipinski definition) is 1. The molecule has 1 aromatic rings. The predicted octanol–water partition coefficient (Wildman–Crippen LogP) is 3.82. The van der Waals surface area contributed by atoms with Gasteiger partial charge in [0.2, 0.25) is 5.91 Å². The van der Waals surface area contributed by atoms with Crippen molar-refractivity contribution in [2.75, 3.05) is 4.90 Å². The molecule has 0 saturated carbocycles. The molecule has 1 aliphatic heterocycles. The van der Waals surface area contributed by atoms with Gasteiger partial charge in [0.1, 0.15) is 0 Å². The van der Waals surface area contributed by atoms with E-state index in [0.717, 1.165) is 36.9 Å². The molecule has 1 aromatic carbocycles. The van der Waals surface area contributed by atoms with Crippen LogP contribution in [0.4, 0.5) is 5.69 Å². The van der Waals surface area contributed by atoms with Gasteiger partial charge in [-0.15, -0.1) is 0 Å². The summed E-state index contributed by atoms with van der Waals surface area (Å²) in [7, 11) is 0. The van der Waals surface area contributed by atoms with Gasteiger partial charge in [-0.25, -0.2) is 0 Å². The summed E-state index contributed by atoms with van der Waals surface area (Å²) in [6.07, 6.45) is 5.38. The molecule has 1 N–H and O–H groups in total. The third-order valence-electron chi connectivity index (χ3n) is 4.12. The van der Waals surface area contributed by atoms with E-state index < -0.39 is 0 Å². The van der Waals surface area contributed by atoms with Gasteiger partial charge in [-0.3, -0.25) is 4.79 Å². The van der Waals surface area contributed by atoms with Crippen LogP contribution in [0.15, 0.2) is 24.3 Å². The molecule has 0 bridgehead atoms. The van der Waals surface area contributed by atoms with Gasteiger partial charge in [-0.2, -0.15) is 0 Å². The molecule has 1 saturated heterocycles. The predicted molar refractivity (Wildman–Crippen MR) is 81.7 cm³/mol. The lowest BCUT2D eigenvalue weighted by Crippen LogP contribution is -2.30. The second-order valence-corrected chi connectivity index (χ2v) is 5.75. The Labute approximate surface area is 121 Å². The van der Waals surface area contributed by atoms with Crippen molar-refractivity contribution in [2.45, 2.75) is 64.5 Å². The molecule has 20 heavy (non-hydrogen) atoms. The number of amides is 1. The maximum Gasteiger partial charge on any atom is 0.227 e. The topological polar surface area (TPSA) is 40.5 Å². The van der Waals surface area contributed by atoms with Crippen LogP contribution in [-0.4, -0.2) is 17.1 Å². The summed E-state index contributed by atoms with van der Waals surface area (Å²) in [5.41, 5.74) is 1.90. The van der Waals surface area contributed by atoms with Crippen molar-refractivity contribution in [3.8, 4) is 0 Å². The van der Waals surface area contributed by atoms with Gasteiger partial charge in [0.15, 0.2) is 0 Å². The number of rotatable bonds is 6. The fourth-order valence-electron chi connectivity index (χ4n) is 2.84. The normalized spacial score (nSPS) is 20.4. The van der Waals surface area contributed by atoms with Crippen LogP contribution in [-0.2, 0) is 4.79 Å². The van der Waals surface area contributed by atoms with Gasteiger partial charge in [0, 0.05) is 18.2 Å². The van der Waals surface area contributed by atoms with Gasteiger partial charge < -0.3 is 10.0 Å². The minimum absolute atomic E-state index is 0.203. The first-order chi connectivity index (χ1) is 9.63. The lowest BCUT2D eigenvalue weighted by atomic mass is 10.0. The minimum atomic E-state index is -0.387. The molecule has 0 spiro atoms. The molecule has 1 amide bonds. The SMILES string of the molecule is CCCCCC(O)c1ccc(N2C(=O)CC[C@H]2C)cc1. The fourth-order valence-corrected chi connectivity index (χ4v) is 2.84. The van der Waals surface area contributed by atoms with E-state index in [4.69, 9.17) is 0 Å². The Morgan fingerprint density at radius 1 is 1.30 bits per heavy atom. The van der Waals surface area contributed by atoms with Crippen molar-refractivity contribution in [3.05, 3.63) is 29.8 Å². The van der Waals surface area contributed by atoms with Crippen LogP contribution < -0.4 is 4.90 Å². The number of anilines is 1. The molecular formula is C17H25NO2. The van der Waals surface area contributed by atoms with Crippen molar-refractivity contribution in [3.63, 3.8) is 0 Å². The van der Waals surface area contributed by atoms with Crippen LogP contribution in [0, 0.1) is 0 Å². The summed E-state index contributed by atoms with van der Waals surface area (Å²) in [5, 5.41) is 10.1. The van der Waals surface area contributed by atoms with Crippen molar-refractivity contribution in [2.24, 2.45) is 0 Å². The lowest BCUT2D eigenvalue weighted by Gasteiger charge is -2.22. The summed E-state index contributed by atoms with van der Waals surface area (Å²) in [4.78, 5) is 13.7. The second-order valence-electron chi connectivity index (χ2n) is 5.75. The standard InChI is InChI=1S/C17H25NO2/c1-3-4-5-6-16(19)14-8-10-15(11-9-14)18-13(2)7-12-17(18)20/h8-11,13,16,19H,3-7,12H2,1-2H3/t13-,16?/m1/s1. The maximum absolute atomic E-state index is 11.9. The number of aliphatic hydroxyl groups excluding tert-OH is 1. The van der Waals surface area contributed by atoms with Crippen LogP contribution in [0.3, 0.4) is 0 Å². The highest BCUT2D eigenvalue weighted by Gasteiger charge is 2.28. The van der Waals surface area contributed by atoms with Crippen molar-refractivity contribution < 1.29 is 9.90 Å². The Morgan fingerprint density at radius 2 is 2.00 bits per heavy atom. The third kappa shape index (κ3) is 3.40. The number of hydrogen-bond acceptors (Lipinski definition) is 2. The van der Waals surface area contributed by atoms with Gasteiger partial charge in [-0.1, -0.05) is 38.3 Å². The molecule has 0 aliphatic carbocycles. The van der Waals surface area contributed by atoms with Crippen LogP contribution in [0.25, 0.3) is 0 Å². The zero-order valence-electron chi connectivity index (χ0n) is 12.5. The van der Waals surface area contributed by atoms with Gasteiger partial charge in [-0.05, 0) is 37.5 Å². The van der Waals surface area contributed by atoms with E-state index in [1.165, 1.54) is 6.42 Å². The zero-order chi connectivity index (χ0) is 14.5. The Bertz CT molecular complexity index is 441. The number of benzene rings is 1. The second kappa shape index (κ2) is 6.89. The molecule has 1 unspecified atom stereocenters. The highest BCUT2D eigenvalue weighted by atomic mass is 16.3. The molecule has 0 radical (unpaired) electrons. The Kier molecular flexibility index (Phi) is 5.18. The molecule has 1 heterocycles. The Hall–Kier alpha value is -1.35. The number of nitrogens with zero attached hydrogens (tertiary/aromatic N) is 1. The third-order valence-corrected chi connectivity index (χ3v) is 4.12. The summed E-state index contributed by atoms with van der Waals surface area (Å²) < 4.78 is 0. The number of carbonyl (C=O) groups excluding carboxylic acids is 1. The highest BCUT2D eigenvalue weighted by molar-refractivity contribution is 5.96. The summed E-state index contributed by atoms with van der Waals surface area (Å²) >= 11 is 0. The first-order valence-electron chi connectivity index (χ1n) is 7.73. The minimum Gasteiger partial charge on any atom is -0.388 e. The largest absolute Gasteiger partial charge is 0.388 e. The molecule has 110 valence electrons. The first kappa shape index (κ1) is 15.0. The first-order valence-corrected chi connectivity index (χ1v) is 7.73. The summed E-state index contributed by atoms with van der Waals surface area (Å²) in [6, 6.07) is 8.09. The number of carbonyl (C=O) groups is 1. The van der Waals surface area contributed by atoms with Gasteiger partial charge in [0.05, 0.1) is 6.10 Å². The Morgan fingerprint density at radius 3 is 2.55 bits per heavy atom. The molecule has 2 rings (SSSR count). The van der Waals surface area contributed by atoms with Gasteiger partial charge in [0.25, 0.3) is 0 Å². The zero-order valence-corrected chi connectivity index (χ0v) is 12.5. The van der Waals surface area contributed by atoms with Crippen LogP contribution in [0.2, 0.25) is 0 Å². The van der Waals surface area contributed by atoms with E-state index in [0.29, 0.717) is 6.42 Å². The van der Waals surface area contributed by atoms with Crippen molar-refractivity contribution in [1.82, 2.24) is 0 Å². The van der Waals surface area contributed by atoms with E-state index in [1.807, 2.05) is 29.2 Å². The molecule has 2 atom stereocenters. The molecule has 1 fully saturated rings. The van der Waals surface area contributed by atoms with E-state index >= 15 is 0 Å². The summed E-state index contributed by atoms with van der Waals surface area (Å²) in [5.74, 6) is 0.203. The maximum atomic E-state index is 11.9. The van der Waals surface area contributed by atoms with E-state index in [9.17, 15) is 9.90 Å². The molecule has 1 aliphatic rings. The van der Waals surface area contributed by atoms with E-state index in [1.54, 1.807) is 0 Å². The van der Waals surface area contributed by atoms with Gasteiger partial charge >= 0.3 is 0 Å². The molecule has 0 aromatic heterocycles. The van der Waals surface area contributed by atoms with Crippen LogP contribution >= 0.6 is 0 Å². The lowest BCUT2D eigenvalue weighted by molar-refractivity contribution is -0.117.